The first kappa shape index (κ1) is 14.2. The van der Waals surface area contributed by atoms with Gasteiger partial charge < -0.3 is 5.32 Å². The van der Waals surface area contributed by atoms with Gasteiger partial charge in [0.1, 0.15) is 5.82 Å². The summed E-state index contributed by atoms with van der Waals surface area (Å²) >= 11 is 1.84. The molecular formula is C15H19FN2S. The third-order valence-electron chi connectivity index (χ3n) is 3.10. The lowest BCUT2D eigenvalue weighted by atomic mass is 10.1. The van der Waals surface area contributed by atoms with Gasteiger partial charge in [0, 0.05) is 22.3 Å². The Kier molecular flexibility index (Phi) is 5.05. The SMILES string of the molecule is CCc1ccc(CNC(CC)c2ccc(F)cn2)s1. The number of thiophene rings is 1. The molecule has 0 saturated heterocycles. The molecule has 1 atom stereocenters. The van der Waals surface area contributed by atoms with E-state index in [0.717, 1.165) is 25.1 Å². The highest BCUT2D eigenvalue weighted by atomic mass is 32.1. The van der Waals surface area contributed by atoms with Crippen LogP contribution in [0.5, 0.6) is 0 Å². The van der Waals surface area contributed by atoms with E-state index in [4.69, 9.17) is 0 Å². The molecule has 0 radical (unpaired) electrons. The Hall–Kier alpha value is -1.26. The largest absolute Gasteiger partial charge is 0.304 e. The third-order valence-corrected chi connectivity index (χ3v) is 4.33. The number of hydrogen-bond donors (Lipinski definition) is 1. The Morgan fingerprint density at radius 1 is 1.21 bits per heavy atom. The van der Waals surface area contributed by atoms with Gasteiger partial charge in [-0.05, 0) is 37.1 Å². The quantitative estimate of drug-likeness (QED) is 0.861. The average molecular weight is 278 g/mol. The molecule has 1 N–H and O–H groups in total. The lowest BCUT2D eigenvalue weighted by molar-refractivity contribution is 0.506. The topological polar surface area (TPSA) is 24.9 Å². The maximum absolute atomic E-state index is 12.9. The van der Waals surface area contributed by atoms with Crippen molar-refractivity contribution in [2.24, 2.45) is 0 Å². The first-order chi connectivity index (χ1) is 9.22. The summed E-state index contributed by atoms with van der Waals surface area (Å²) in [5.41, 5.74) is 0.899. The maximum atomic E-state index is 12.9. The molecule has 0 amide bonds. The van der Waals surface area contributed by atoms with E-state index in [0.29, 0.717) is 0 Å². The van der Waals surface area contributed by atoms with Crippen LogP contribution in [0.15, 0.2) is 30.5 Å². The van der Waals surface area contributed by atoms with Crippen molar-refractivity contribution >= 4 is 11.3 Å². The predicted octanol–water partition coefficient (Wildman–Crippen LogP) is 4.09. The van der Waals surface area contributed by atoms with E-state index < -0.39 is 0 Å². The monoisotopic (exact) mass is 278 g/mol. The van der Waals surface area contributed by atoms with Crippen LogP contribution in [0.3, 0.4) is 0 Å². The second kappa shape index (κ2) is 6.78. The van der Waals surface area contributed by atoms with Gasteiger partial charge in [-0.3, -0.25) is 4.98 Å². The van der Waals surface area contributed by atoms with E-state index in [1.807, 2.05) is 11.3 Å². The van der Waals surface area contributed by atoms with Gasteiger partial charge in [-0.1, -0.05) is 13.8 Å². The van der Waals surface area contributed by atoms with Gasteiger partial charge in [-0.2, -0.15) is 0 Å². The van der Waals surface area contributed by atoms with Gasteiger partial charge in [0.25, 0.3) is 0 Å². The average Bonchev–Trinajstić information content (AvgIpc) is 2.89. The van der Waals surface area contributed by atoms with Gasteiger partial charge in [-0.15, -0.1) is 11.3 Å². The molecule has 0 spiro atoms. The first-order valence-electron chi connectivity index (χ1n) is 6.65. The Morgan fingerprint density at radius 3 is 2.58 bits per heavy atom. The Balaban J connectivity index is 1.97. The molecular weight excluding hydrogens is 259 g/mol. The lowest BCUT2D eigenvalue weighted by Gasteiger charge is -2.15. The fourth-order valence-electron chi connectivity index (χ4n) is 1.98. The van der Waals surface area contributed by atoms with Crippen LogP contribution in [0.2, 0.25) is 0 Å². The summed E-state index contributed by atoms with van der Waals surface area (Å²) in [5, 5.41) is 3.48. The van der Waals surface area contributed by atoms with Crippen LogP contribution in [-0.4, -0.2) is 4.98 Å². The summed E-state index contributed by atoms with van der Waals surface area (Å²) < 4.78 is 12.9. The second-order valence-corrected chi connectivity index (χ2v) is 5.72. The van der Waals surface area contributed by atoms with Crippen molar-refractivity contribution in [3.63, 3.8) is 0 Å². The zero-order chi connectivity index (χ0) is 13.7. The summed E-state index contributed by atoms with van der Waals surface area (Å²) in [7, 11) is 0. The van der Waals surface area contributed by atoms with Crippen LogP contribution < -0.4 is 5.32 Å². The fraction of sp³-hybridized carbons (Fsp3) is 0.400. The van der Waals surface area contributed by atoms with Gasteiger partial charge in [0.2, 0.25) is 0 Å². The summed E-state index contributed by atoms with van der Waals surface area (Å²) in [6.07, 6.45) is 3.30. The number of nitrogens with zero attached hydrogens (tertiary/aromatic N) is 1. The number of hydrogen-bond acceptors (Lipinski definition) is 3. The zero-order valence-electron chi connectivity index (χ0n) is 11.3. The van der Waals surface area contributed by atoms with Crippen molar-refractivity contribution < 1.29 is 4.39 Å². The number of pyridine rings is 1. The van der Waals surface area contributed by atoms with Crippen LogP contribution in [0.4, 0.5) is 4.39 Å². The van der Waals surface area contributed by atoms with E-state index in [-0.39, 0.29) is 11.9 Å². The summed E-state index contributed by atoms with van der Waals surface area (Å²) in [4.78, 5) is 6.89. The molecule has 0 aliphatic rings. The Morgan fingerprint density at radius 2 is 2.00 bits per heavy atom. The van der Waals surface area contributed by atoms with Gasteiger partial charge in [0.15, 0.2) is 0 Å². The Labute approximate surface area is 117 Å². The van der Waals surface area contributed by atoms with Crippen LogP contribution >= 0.6 is 11.3 Å². The molecule has 0 bridgehead atoms. The zero-order valence-corrected chi connectivity index (χ0v) is 12.1. The highest BCUT2D eigenvalue weighted by molar-refractivity contribution is 7.11. The number of halogens is 1. The van der Waals surface area contributed by atoms with Crippen LogP contribution in [0.1, 0.15) is 41.8 Å². The maximum Gasteiger partial charge on any atom is 0.141 e. The van der Waals surface area contributed by atoms with E-state index in [1.54, 1.807) is 6.07 Å². The van der Waals surface area contributed by atoms with Crippen LogP contribution in [0, 0.1) is 5.82 Å². The number of nitrogens with one attached hydrogen (secondary N) is 1. The highest BCUT2D eigenvalue weighted by Crippen LogP contribution is 2.19. The van der Waals surface area contributed by atoms with E-state index in [9.17, 15) is 4.39 Å². The van der Waals surface area contributed by atoms with E-state index in [2.05, 4.69) is 36.3 Å². The van der Waals surface area contributed by atoms with Crippen molar-refractivity contribution in [3.05, 3.63) is 51.7 Å². The first-order valence-corrected chi connectivity index (χ1v) is 7.47. The molecule has 0 aliphatic carbocycles. The van der Waals surface area contributed by atoms with E-state index >= 15 is 0 Å². The smallest absolute Gasteiger partial charge is 0.141 e. The molecule has 0 aromatic carbocycles. The molecule has 2 aromatic heterocycles. The van der Waals surface area contributed by atoms with Crippen molar-refractivity contribution in [1.82, 2.24) is 10.3 Å². The molecule has 0 saturated carbocycles. The van der Waals surface area contributed by atoms with Gasteiger partial charge in [0.05, 0.1) is 11.9 Å². The van der Waals surface area contributed by atoms with E-state index in [1.165, 1.54) is 22.0 Å². The summed E-state index contributed by atoms with van der Waals surface area (Å²) in [6.45, 7) is 5.11. The second-order valence-electron chi connectivity index (χ2n) is 4.46. The van der Waals surface area contributed by atoms with Crippen molar-refractivity contribution in [1.29, 1.82) is 0 Å². The highest BCUT2D eigenvalue weighted by Gasteiger charge is 2.10. The molecule has 102 valence electrons. The number of rotatable bonds is 6. The Bertz CT molecular complexity index is 507. The lowest BCUT2D eigenvalue weighted by Crippen LogP contribution is -2.20. The van der Waals surface area contributed by atoms with Crippen LogP contribution in [-0.2, 0) is 13.0 Å². The molecule has 2 heterocycles. The molecule has 4 heteroatoms. The molecule has 0 aliphatic heterocycles. The minimum atomic E-state index is -0.288. The van der Waals surface area contributed by atoms with Gasteiger partial charge >= 0.3 is 0 Å². The number of aromatic nitrogens is 1. The summed E-state index contributed by atoms with van der Waals surface area (Å²) in [5.74, 6) is -0.288. The predicted molar refractivity (Wildman–Crippen MR) is 77.8 cm³/mol. The number of aryl methyl sites for hydroxylation is 1. The molecule has 2 nitrogen and oxygen atoms in total. The normalized spacial score (nSPS) is 12.6. The summed E-state index contributed by atoms with van der Waals surface area (Å²) in [6, 6.07) is 7.74. The fourth-order valence-corrected chi connectivity index (χ4v) is 2.89. The minimum Gasteiger partial charge on any atom is -0.304 e. The standard InChI is InChI=1S/C15H19FN2S/c1-3-12-6-7-13(19-12)10-18-14(4-2)15-8-5-11(16)9-17-15/h5-9,14,18H,3-4,10H2,1-2H3. The van der Waals surface area contributed by atoms with Crippen LogP contribution in [0.25, 0.3) is 0 Å². The third kappa shape index (κ3) is 3.85. The van der Waals surface area contributed by atoms with Crippen molar-refractivity contribution in [2.45, 2.75) is 39.3 Å². The molecule has 0 fully saturated rings. The van der Waals surface area contributed by atoms with Crippen molar-refractivity contribution in [2.75, 3.05) is 0 Å². The van der Waals surface area contributed by atoms with Crippen molar-refractivity contribution in [3.8, 4) is 0 Å². The minimum absolute atomic E-state index is 0.174. The molecule has 2 aromatic rings. The van der Waals surface area contributed by atoms with Gasteiger partial charge in [-0.25, -0.2) is 4.39 Å². The molecule has 19 heavy (non-hydrogen) atoms. The molecule has 1 unspecified atom stereocenters. The molecule has 2 rings (SSSR count).